The van der Waals surface area contributed by atoms with Crippen LogP contribution in [0.1, 0.15) is 50.3 Å². The third-order valence-corrected chi connectivity index (χ3v) is 18.4. The van der Waals surface area contributed by atoms with Gasteiger partial charge in [0.25, 0.3) is 0 Å². The Kier molecular flexibility index (Phi) is 20.7. The molecule has 2 heterocycles. The largest absolute Gasteiger partial charge is 0.302 e. The molecule has 9 heteroatoms. The van der Waals surface area contributed by atoms with E-state index in [2.05, 4.69) is 185 Å². The van der Waals surface area contributed by atoms with Crippen LogP contribution in [0.15, 0.2) is 231 Å². The van der Waals surface area contributed by atoms with Gasteiger partial charge < -0.3 is 20.5 Å². The van der Waals surface area contributed by atoms with Crippen molar-refractivity contribution < 1.29 is 34.1 Å². The zero-order chi connectivity index (χ0) is 45.3. The quantitative estimate of drug-likeness (QED) is 0.0686. The first-order valence-corrected chi connectivity index (χ1v) is 26.4. The first kappa shape index (κ1) is 52.0. The first-order chi connectivity index (χ1) is 32.6. The number of aliphatic hydroxyl groups is 1. The van der Waals surface area contributed by atoms with Crippen molar-refractivity contribution in [2.24, 2.45) is 0 Å². The number of nitrogens with one attached hydrogen (secondary N) is 2. The Balaban J connectivity index is 0.000000319. The van der Waals surface area contributed by atoms with Gasteiger partial charge in [-0.1, -0.05) is 170 Å². The third-order valence-electron chi connectivity index (χ3n) is 12.5. The Hall–Kier alpha value is -5.34. The van der Waals surface area contributed by atoms with Crippen LogP contribution in [-0.2, 0) is 43.7 Å². The number of esters is 1. The van der Waals surface area contributed by atoms with Crippen molar-refractivity contribution >= 4 is 51.4 Å². The van der Waals surface area contributed by atoms with E-state index in [-0.39, 0.29) is 52.6 Å². The Morgan fingerprint density at radius 3 is 1.12 bits per heavy atom. The van der Waals surface area contributed by atoms with Gasteiger partial charge in [0.2, 0.25) is 0 Å². The zero-order valence-corrected chi connectivity index (χ0v) is 42.4. The fourth-order valence-electron chi connectivity index (χ4n) is 9.33. The summed E-state index contributed by atoms with van der Waals surface area (Å²) in [6, 6.07) is 83.0. The van der Waals surface area contributed by atoms with E-state index in [1.807, 2.05) is 36.4 Å². The van der Waals surface area contributed by atoms with Crippen LogP contribution in [0.4, 0.5) is 0 Å². The van der Waals surface area contributed by atoms with Gasteiger partial charge in [0.05, 0.1) is 80.7 Å². The fourth-order valence-corrected chi connectivity index (χ4v) is 14.8. The van der Waals surface area contributed by atoms with Crippen LogP contribution in [-0.4, -0.2) is 51.0 Å². The number of hydrogen-bond acceptors (Lipinski definition) is 5. The van der Waals surface area contributed by atoms with Gasteiger partial charge in [0.1, 0.15) is 0 Å². The molecule has 4 atom stereocenters. The van der Waals surface area contributed by atoms with Crippen molar-refractivity contribution in [1.29, 1.82) is 0 Å². The van der Waals surface area contributed by atoms with Gasteiger partial charge in [-0.25, -0.2) is 4.79 Å². The molecule has 3 radical (unpaired) electrons. The summed E-state index contributed by atoms with van der Waals surface area (Å²) in [5.74, 6) is -0.291. The van der Waals surface area contributed by atoms with E-state index in [1.165, 1.54) is 50.6 Å². The zero-order valence-electron chi connectivity index (χ0n) is 38.5. The third kappa shape index (κ3) is 13.9. The van der Waals surface area contributed by atoms with Crippen molar-refractivity contribution in [3.8, 4) is 0 Å². The minimum absolute atomic E-state index is 0. The van der Waals surface area contributed by atoms with Crippen LogP contribution < -0.4 is 31.9 Å². The minimum Gasteiger partial charge on any atom is -0.302 e. The Bertz CT molecular complexity index is 2470. The van der Waals surface area contributed by atoms with Crippen molar-refractivity contribution in [3.63, 3.8) is 0 Å². The standard InChI is InChI=1S/C44H42N2P2.C8H8O2.C7H8O.B.Ru.H/c1-5-19-37(20-6-1)47(38-21-7-2-8-22-38)31-35-29-33-17-13-15-27-41(33)43(45-35)44-42-28-16-14-18-34(42)30-36(46-44)32-48(39-23-9-3-10-24-39)40-25-11-4-12-26-40;1-10-8(9)7-5-3-2-4-6-7;8-6-7-4-2-1-3-5-7;;;/h1-28,35-36,43-46H,29-32H2;2-6H,1H3;1-5,8H,6H2;;;/q;;;;+2;/p+2/t35-,36-,43-,44-;;;;;/m0...../s1. The van der Waals surface area contributed by atoms with Crippen LogP contribution in [0.5, 0.6) is 0 Å². The number of fused-ring (bicyclic) bond motifs is 2. The second-order valence-corrected chi connectivity index (χ2v) is 21.9. The molecule has 0 amide bonds. The molecule has 2 aliphatic heterocycles. The van der Waals surface area contributed by atoms with Gasteiger partial charge in [-0.3, -0.25) is 0 Å². The summed E-state index contributed by atoms with van der Waals surface area (Å²) < 4.78 is 4.50. The van der Waals surface area contributed by atoms with Crippen LogP contribution >= 0.6 is 15.8 Å². The summed E-state index contributed by atoms with van der Waals surface area (Å²) >= 11 is 0. The molecule has 3 N–H and O–H groups in total. The van der Waals surface area contributed by atoms with E-state index >= 15 is 0 Å². The number of aliphatic hydroxyl groups excluding tert-OH is 1. The van der Waals surface area contributed by atoms with E-state index in [4.69, 9.17) is 5.11 Å². The number of ether oxygens (including phenoxy) is 1. The number of hydrogen-bond donors (Lipinski definition) is 3. The van der Waals surface area contributed by atoms with E-state index in [9.17, 15) is 4.79 Å². The molecule has 0 bridgehead atoms. The molecule has 8 aromatic rings. The van der Waals surface area contributed by atoms with Gasteiger partial charge in [-0.2, -0.15) is 0 Å². The van der Waals surface area contributed by atoms with Gasteiger partial charge in [-0.05, 0) is 101 Å². The number of rotatable bonds is 11. The van der Waals surface area contributed by atoms with Crippen molar-refractivity contribution in [1.82, 2.24) is 10.6 Å². The maximum atomic E-state index is 10.8. The fraction of sp³-hybridized carbons (Fsp3) is 0.169. The molecule has 0 spiro atoms. The Morgan fingerprint density at radius 2 is 0.794 bits per heavy atom. The maximum Gasteiger partial charge on any atom is 0.0967 e. The van der Waals surface area contributed by atoms with Crippen molar-refractivity contribution in [2.45, 2.75) is 43.6 Å². The summed E-state index contributed by atoms with van der Waals surface area (Å²) in [5.41, 5.74) is 7.44. The molecule has 68 heavy (non-hydrogen) atoms. The van der Waals surface area contributed by atoms with Gasteiger partial charge >= 0.3 is 25.4 Å². The second kappa shape index (κ2) is 27.0. The monoisotopic (exact) mass is 1020 g/mol. The van der Waals surface area contributed by atoms with Gasteiger partial charge in [0.15, 0.2) is 0 Å². The Morgan fingerprint density at radius 1 is 0.485 bits per heavy atom. The van der Waals surface area contributed by atoms with Crippen molar-refractivity contribution in [2.75, 3.05) is 19.4 Å². The summed E-state index contributed by atoms with van der Waals surface area (Å²) in [5, 5.41) is 23.1. The molecule has 2 aliphatic rings. The summed E-state index contributed by atoms with van der Waals surface area (Å²) in [7, 11) is -0.589. The number of carbonyl (C=O) groups is 1. The summed E-state index contributed by atoms with van der Waals surface area (Å²) in [6.45, 7) is 0.140. The maximum absolute atomic E-state index is 10.8. The molecule has 0 saturated heterocycles. The van der Waals surface area contributed by atoms with Crippen LogP contribution in [0.3, 0.4) is 0 Å². The number of benzene rings is 8. The van der Waals surface area contributed by atoms with Crippen LogP contribution in [0, 0.1) is 0 Å². The SMILES string of the molecule is COC(=O)c1ccccc1.OCc1ccccc1.[B].[RuH+2].c1ccc([PH+](C[C@@H]2Cc3ccccc3[C@@H]([C@H]3N[C@H](C[PH+](c4ccccc4)c4ccccc4)Cc4ccccc43)N2)c2ccccc2)cc1. The van der Waals surface area contributed by atoms with Crippen LogP contribution in [0.2, 0.25) is 0 Å². The second-order valence-electron chi connectivity index (χ2n) is 16.8. The van der Waals surface area contributed by atoms with Gasteiger partial charge in [-0.15, -0.1) is 0 Å². The summed E-state index contributed by atoms with van der Waals surface area (Å²) in [6.07, 6.45) is 4.42. The van der Waals surface area contributed by atoms with Crippen molar-refractivity contribution in [3.05, 3.63) is 264 Å². The molecule has 0 unspecified atom stereocenters. The molecule has 8 aromatic carbocycles. The molecule has 0 fully saturated rings. The molecule has 0 aliphatic carbocycles. The average molecular weight is 1020 g/mol. The van der Waals surface area contributed by atoms with E-state index in [0.717, 1.165) is 30.7 Å². The smallest absolute Gasteiger partial charge is 0.0967 e. The molecule has 342 valence electrons. The van der Waals surface area contributed by atoms with Gasteiger partial charge in [0, 0.05) is 20.5 Å². The predicted octanol–water partition coefficient (Wildman–Crippen LogP) is 9.23. The topological polar surface area (TPSA) is 70.6 Å². The normalized spacial score (nSPS) is 16.7. The number of methoxy groups -OCH3 is 1. The number of carbonyl (C=O) groups excluding carboxylic acids is 1. The molecular weight excluding hydrogens is 958 g/mol. The molecule has 0 aromatic heterocycles. The average Bonchev–Trinajstić information content (AvgIpc) is 3.40. The summed E-state index contributed by atoms with van der Waals surface area (Å²) in [4.78, 5) is 10.8. The Labute approximate surface area is 420 Å². The molecular formula is C59H61BN2O3P2Ru+4. The first-order valence-electron chi connectivity index (χ1n) is 23.0. The molecule has 10 rings (SSSR count). The predicted molar refractivity (Wildman–Crippen MR) is 288 cm³/mol. The van der Waals surface area contributed by atoms with E-state index in [0.29, 0.717) is 17.6 Å². The van der Waals surface area contributed by atoms with E-state index < -0.39 is 15.8 Å². The molecule has 5 nitrogen and oxygen atoms in total. The van der Waals surface area contributed by atoms with E-state index in [1.54, 1.807) is 24.3 Å². The minimum atomic E-state index is -0.979. The van der Waals surface area contributed by atoms with Crippen LogP contribution in [0.25, 0.3) is 0 Å². The molecule has 0 saturated carbocycles.